The number of fused-ring (bicyclic) bond motifs is 1. The first-order valence-corrected chi connectivity index (χ1v) is 14.5. The van der Waals surface area contributed by atoms with Crippen LogP contribution in [0.3, 0.4) is 0 Å². The van der Waals surface area contributed by atoms with Gasteiger partial charge in [0.05, 0.1) is 17.4 Å². The summed E-state index contributed by atoms with van der Waals surface area (Å²) in [5.74, 6) is 0.438. The lowest BCUT2D eigenvalue weighted by Crippen LogP contribution is -2.46. The maximum atomic E-state index is 13.6. The van der Waals surface area contributed by atoms with Crippen LogP contribution in [0.5, 0.6) is 5.75 Å². The van der Waals surface area contributed by atoms with Crippen molar-refractivity contribution >= 4 is 17.6 Å². The summed E-state index contributed by atoms with van der Waals surface area (Å²) in [6.07, 6.45) is 1.64. The molecule has 0 spiro atoms. The zero-order chi connectivity index (χ0) is 30.2. The smallest absolute Gasteiger partial charge is 0.319 e. The van der Waals surface area contributed by atoms with Gasteiger partial charge in [0.25, 0.3) is 5.91 Å². The molecule has 9 heteroatoms. The van der Waals surface area contributed by atoms with E-state index in [-0.39, 0.29) is 36.0 Å². The maximum Gasteiger partial charge on any atom is 0.319 e. The van der Waals surface area contributed by atoms with Crippen molar-refractivity contribution in [3.8, 4) is 17.0 Å². The second-order valence-corrected chi connectivity index (χ2v) is 11.4. The molecule has 0 saturated heterocycles. The van der Waals surface area contributed by atoms with Gasteiger partial charge in [0, 0.05) is 63.3 Å². The van der Waals surface area contributed by atoms with Gasteiger partial charge in [-0.2, -0.15) is 0 Å². The highest BCUT2D eigenvalue weighted by Crippen LogP contribution is 2.27. The summed E-state index contributed by atoms with van der Waals surface area (Å²) in [7, 11) is 3.47. The molecule has 42 heavy (non-hydrogen) atoms. The summed E-state index contributed by atoms with van der Waals surface area (Å²) < 4.78 is 12.2. The second kappa shape index (κ2) is 14.3. The molecule has 2 N–H and O–H groups in total. The van der Waals surface area contributed by atoms with Gasteiger partial charge in [-0.05, 0) is 62.6 Å². The minimum Gasteiger partial charge on any atom is -0.491 e. The summed E-state index contributed by atoms with van der Waals surface area (Å²) >= 11 is 0. The minimum absolute atomic E-state index is 0.0124. The van der Waals surface area contributed by atoms with E-state index in [0.29, 0.717) is 30.2 Å². The van der Waals surface area contributed by atoms with Crippen LogP contribution in [0.4, 0.5) is 10.5 Å². The van der Waals surface area contributed by atoms with E-state index in [4.69, 9.17) is 9.47 Å². The van der Waals surface area contributed by atoms with E-state index in [2.05, 4.69) is 58.6 Å². The molecular formula is C33H43N5O4. The fourth-order valence-corrected chi connectivity index (χ4v) is 5.13. The van der Waals surface area contributed by atoms with E-state index >= 15 is 0 Å². The zero-order valence-corrected chi connectivity index (χ0v) is 25.5. The van der Waals surface area contributed by atoms with Crippen LogP contribution in [0.25, 0.3) is 11.3 Å². The molecule has 3 amide bonds. The molecule has 1 aliphatic heterocycles. The summed E-state index contributed by atoms with van der Waals surface area (Å²) in [5.41, 5.74) is 4.14. The van der Waals surface area contributed by atoms with Gasteiger partial charge in [-0.25, -0.2) is 4.79 Å². The molecule has 3 aromatic rings. The van der Waals surface area contributed by atoms with Crippen LogP contribution >= 0.6 is 0 Å². The number of anilines is 1. The zero-order valence-electron chi connectivity index (χ0n) is 25.5. The number of carbonyl (C=O) groups is 2. The quantitative estimate of drug-likeness (QED) is 0.416. The largest absolute Gasteiger partial charge is 0.491 e. The number of pyridine rings is 1. The molecule has 0 fully saturated rings. The second-order valence-electron chi connectivity index (χ2n) is 11.4. The first-order chi connectivity index (χ1) is 20.1. The van der Waals surface area contributed by atoms with Gasteiger partial charge in [0.15, 0.2) is 0 Å². The molecule has 0 saturated carbocycles. The molecule has 1 aliphatic rings. The average molecular weight is 574 g/mol. The molecule has 1 unspecified atom stereocenters. The van der Waals surface area contributed by atoms with Crippen LogP contribution < -0.4 is 15.4 Å². The van der Waals surface area contributed by atoms with Crippen molar-refractivity contribution in [2.45, 2.75) is 52.4 Å². The van der Waals surface area contributed by atoms with Crippen LogP contribution in [-0.4, -0.2) is 78.8 Å². The highest BCUT2D eigenvalue weighted by Gasteiger charge is 2.28. The number of benzene rings is 2. The number of hydrogen-bond acceptors (Lipinski definition) is 6. The Morgan fingerprint density at radius 2 is 1.86 bits per heavy atom. The van der Waals surface area contributed by atoms with Gasteiger partial charge in [-0.1, -0.05) is 37.3 Å². The lowest BCUT2D eigenvalue weighted by atomic mass is 10.0. The van der Waals surface area contributed by atoms with Gasteiger partial charge in [0.2, 0.25) is 0 Å². The van der Waals surface area contributed by atoms with Crippen LogP contribution in [0, 0.1) is 5.92 Å². The number of rotatable bonds is 6. The Hall–Kier alpha value is -3.95. The van der Waals surface area contributed by atoms with E-state index < -0.39 is 0 Å². The molecule has 0 bridgehead atoms. The molecule has 0 radical (unpaired) electrons. The van der Waals surface area contributed by atoms with Crippen molar-refractivity contribution in [3.63, 3.8) is 0 Å². The number of amides is 3. The lowest BCUT2D eigenvalue weighted by molar-refractivity contribution is 0.00922. The van der Waals surface area contributed by atoms with Crippen molar-refractivity contribution in [1.82, 2.24) is 20.1 Å². The van der Waals surface area contributed by atoms with Crippen LogP contribution in [-0.2, 0) is 11.3 Å². The monoisotopic (exact) mass is 573 g/mol. The number of nitrogens with one attached hydrogen (secondary N) is 2. The molecule has 9 nitrogen and oxygen atoms in total. The highest BCUT2D eigenvalue weighted by atomic mass is 16.5. The number of aromatic nitrogens is 1. The lowest BCUT2D eigenvalue weighted by Gasteiger charge is -2.36. The summed E-state index contributed by atoms with van der Waals surface area (Å²) in [4.78, 5) is 34.4. The normalized spacial score (nSPS) is 20.2. The Balaban J connectivity index is 1.58. The average Bonchev–Trinajstić information content (AvgIpc) is 2.98. The summed E-state index contributed by atoms with van der Waals surface area (Å²) in [6, 6.07) is 19.3. The Labute approximate surface area is 249 Å². The SMILES string of the molecule is COC1CN(C)C(=O)c2cc(NC(=O)NC(C)C)ccc2OC[C@H](C)N(Cc2ccc(-c3ccccn3)cc2)C[C@@H]1C. The Kier molecular flexibility index (Phi) is 10.5. The van der Waals surface area contributed by atoms with Crippen LogP contribution in [0.1, 0.15) is 43.6 Å². The Morgan fingerprint density at radius 3 is 2.52 bits per heavy atom. The molecule has 2 aromatic carbocycles. The maximum absolute atomic E-state index is 13.6. The molecule has 224 valence electrons. The van der Waals surface area contributed by atoms with Crippen LogP contribution in [0.15, 0.2) is 66.9 Å². The number of methoxy groups -OCH3 is 1. The van der Waals surface area contributed by atoms with Crippen molar-refractivity contribution in [3.05, 3.63) is 78.0 Å². The van der Waals surface area contributed by atoms with E-state index in [1.807, 2.05) is 32.0 Å². The molecule has 1 aromatic heterocycles. The molecular weight excluding hydrogens is 530 g/mol. The number of nitrogens with zero attached hydrogens (tertiary/aromatic N) is 3. The number of carbonyl (C=O) groups excluding carboxylic acids is 2. The first-order valence-electron chi connectivity index (χ1n) is 14.5. The predicted molar refractivity (Wildman–Crippen MR) is 166 cm³/mol. The third-order valence-corrected chi connectivity index (χ3v) is 7.55. The van der Waals surface area contributed by atoms with E-state index in [9.17, 15) is 9.59 Å². The molecule has 2 heterocycles. The van der Waals surface area contributed by atoms with Crippen molar-refractivity contribution in [2.24, 2.45) is 5.92 Å². The van der Waals surface area contributed by atoms with Gasteiger partial charge >= 0.3 is 6.03 Å². The van der Waals surface area contributed by atoms with Gasteiger partial charge < -0.3 is 25.0 Å². The number of likely N-dealkylation sites (N-methyl/N-ethyl adjacent to an activating group) is 1. The fourth-order valence-electron chi connectivity index (χ4n) is 5.13. The van der Waals surface area contributed by atoms with Crippen LogP contribution in [0.2, 0.25) is 0 Å². The van der Waals surface area contributed by atoms with Gasteiger partial charge in [-0.15, -0.1) is 0 Å². The fraction of sp³-hybridized carbons (Fsp3) is 0.424. The first kappa shape index (κ1) is 31.0. The standard InChI is InChI=1S/C33H43N5O4/c1-22(2)35-33(40)36-27-14-15-30-28(17-27)32(39)37(5)20-31(41-6)23(3)18-38(24(4)21-42-30)19-25-10-12-26(13-11-25)29-9-7-8-16-34-29/h7-17,22-24,31H,18-21H2,1-6H3,(H2,35,36,40)/t23-,24-,31?/m0/s1. The van der Waals surface area contributed by atoms with Crippen molar-refractivity contribution in [2.75, 3.05) is 39.2 Å². The molecule has 0 aliphatic carbocycles. The topological polar surface area (TPSA) is 96.0 Å². The number of hydrogen-bond donors (Lipinski definition) is 2. The third-order valence-electron chi connectivity index (χ3n) is 7.55. The predicted octanol–water partition coefficient (Wildman–Crippen LogP) is 5.28. The Bertz CT molecular complexity index is 1330. The summed E-state index contributed by atoms with van der Waals surface area (Å²) in [5, 5.41) is 5.62. The van der Waals surface area contributed by atoms with E-state index in [1.54, 1.807) is 43.5 Å². The number of urea groups is 1. The highest BCUT2D eigenvalue weighted by molar-refractivity contribution is 5.99. The minimum atomic E-state index is -0.328. The van der Waals surface area contributed by atoms with Gasteiger partial charge in [0.1, 0.15) is 12.4 Å². The number of ether oxygens (including phenoxy) is 2. The van der Waals surface area contributed by atoms with Gasteiger partial charge in [-0.3, -0.25) is 14.7 Å². The molecule has 4 rings (SSSR count). The van der Waals surface area contributed by atoms with E-state index in [1.165, 1.54) is 5.56 Å². The third kappa shape index (κ3) is 8.08. The van der Waals surface area contributed by atoms with Crippen molar-refractivity contribution < 1.29 is 19.1 Å². The van der Waals surface area contributed by atoms with Crippen molar-refractivity contribution in [1.29, 1.82) is 0 Å². The summed E-state index contributed by atoms with van der Waals surface area (Å²) in [6.45, 7) is 10.4. The Morgan fingerprint density at radius 1 is 1.10 bits per heavy atom. The van der Waals surface area contributed by atoms with E-state index in [0.717, 1.165) is 24.3 Å². The molecule has 3 atom stereocenters.